The quantitative estimate of drug-likeness (QED) is 0.828. The van der Waals surface area contributed by atoms with E-state index in [0.29, 0.717) is 5.92 Å². The van der Waals surface area contributed by atoms with E-state index in [1.165, 1.54) is 24.0 Å². The van der Waals surface area contributed by atoms with Gasteiger partial charge in [0.05, 0.1) is 11.0 Å². The van der Waals surface area contributed by atoms with Gasteiger partial charge in [-0.2, -0.15) is 0 Å². The fourth-order valence-corrected chi connectivity index (χ4v) is 2.54. The van der Waals surface area contributed by atoms with E-state index in [1.54, 1.807) is 0 Å². The predicted octanol–water partition coefficient (Wildman–Crippen LogP) is 3.96. The van der Waals surface area contributed by atoms with Crippen molar-refractivity contribution in [2.45, 2.75) is 46.5 Å². The molecular weight excluding hydrogens is 246 g/mol. The van der Waals surface area contributed by atoms with Crippen LogP contribution in [0, 0.1) is 0 Å². The van der Waals surface area contributed by atoms with Crippen LogP contribution in [0.5, 0.6) is 0 Å². The molecule has 0 unspecified atom stereocenters. The van der Waals surface area contributed by atoms with Crippen LogP contribution in [0.15, 0.2) is 18.2 Å². The Labute approximate surface area is 122 Å². The Kier molecular flexibility index (Phi) is 5.18. The van der Waals surface area contributed by atoms with E-state index >= 15 is 0 Å². The van der Waals surface area contributed by atoms with Crippen LogP contribution in [0.3, 0.4) is 0 Å². The molecule has 0 aliphatic carbocycles. The van der Waals surface area contributed by atoms with Crippen molar-refractivity contribution in [3.63, 3.8) is 0 Å². The van der Waals surface area contributed by atoms with Crippen molar-refractivity contribution in [1.29, 1.82) is 0 Å². The largest absolute Gasteiger partial charge is 0.342 e. The lowest BCUT2D eigenvalue weighted by Gasteiger charge is -2.19. The highest BCUT2D eigenvalue weighted by Crippen LogP contribution is 2.18. The van der Waals surface area contributed by atoms with Crippen molar-refractivity contribution >= 4 is 11.0 Å². The minimum Gasteiger partial charge on any atom is -0.342 e. The molecule has 3 nitrogen and oxygen atoms in total. The minimum atomic E-state index is 0.450. The number of likely N-dealkylation sites (N-methyl/N-ethyl adjacent to an activating group) is 1. The second kappa shape index (κ2) is 6.89. The summed E-state index contributed by atoms with van der Waals surface area (Å²) in [7, 11) is 0. The van der Waals surface area contributed by atoms with E-state index in [1.807, 2.05) is 0 Å². The van der Waals surface area contributed by atoms with E-state index < -0.39 is 0 Å². The molecule has 2 rings (SSSR count). The number of aromatic nitrogens is 2. The van der Waals surface area contributed by atoms with Gasteiger partial charge in [-0.05, 0) is 43.6 Å². The smallest absolute Gasteiger partial charge is 0.109 e. The molecular formula is C17H27N3. The summed E-state index contributed by atoms with van der Waals surface area (Å²) >= 11 is 0. The number of benzene rings is 1. The third kappa shape index (κ3) is 3.60. The number of aromatic amines is 1. The molecule has 0 bridgehead atoms. The van der Waals surface area contributed by atoms with Crippen LogP contribution in [-0.4, -0.2) is 34.5 Å². The number of hydrogen-bond donors (Lipinski definition) is 1. The highest BCUT2D eigenvalue weighted by molar-refractivity contribution is 5.76. The topological polar surface area (TPSA) is 31.9 Å². The maximum atomic E-state index is 4.63. The monoisotopic (exact) mass is 273 g/mol. The summed E-state index contributed by atoms with van der Waals surface area (Å²) in [6.45, 7) is 12.3. The molecule has 2 aromatic rings. The molecule has 3 heteroatoms. The molecule has 1 heterocycles. The molecule has 0 aliphatic heterocycles. The summed E-state index contributed by atoms with van der Waals surface area (Å²) in [5.41, 5.74) is 3.65. The summed E-state index contributed by atoms with van der Waals surface area (Å²) in [6, 6.07) is 6.62. The fraction of sp³-hybridized carbons (Fsp3) is 0.588. The molecule has 0 atom stereocenters. The van der Waals surface area contributed by atoms with Gasteiger partial charge in [-0.1, -0.05) is 33.8 Å². The second-order valence-electron chi connectivity index (χ2n) is 5.81. The van der Waals surface area contributed by atoms with Crippen molar-refractivity contribution in [2.24, 2.45) is 0 Å². The van der Waals surface area contributed by atoms with Crippen molar-refractivity contribution in [1.82, 2.24) is 14.9 Å². The molecule has 110 valence electrons. The lowest BCUT2D eigenvalue weighted by molar-refractivity contribution is 0.292. The maximum Gasteiger partial charge on any atom is 0.109 e. The van der Waals surface area contributed by atoms with Gasteiger partial charge >= 0.3 is 0 Å². The summed E-state index contributed by atoms with van der Waals surface area (Å²) in [4.78, 5) is 10.6. The van der Waals surface area contributed by atoms with Gasteiger partial charge in [0.15, 0.2) is 0 Å². The highest BCUT2D eigenvalue weighted by atomic mass is 15.1. The number of hydrogen-bond acceptors (Lipinski definition) is 2. The van der Waals surface area contributed by atoms with Crippen molar-refractivity contribution < 1.29 is 0 Å². The van der Waals surface area contributed by atoms with Gasteiger partial charge in [-0.3, -0.25) is 0 Å². The van der Waals surface area contributed by atoms with Crippen LogP contribution in [-0.2, 0) is 6.42 Å². The molecule has 1 aromatic carbocycles. The summed E-state index contributed by atoms with van der Waals surface area (Å²) in [5.74, 6) is 1.53. The summed E-state index contributed by atoms with van der Waals surface area (Å²) in [6.07, 6.45) is 2.34. The SMILES string of the molecule is CCCN(CC)CCc1ccc2nc(C(C)C)[nH]c2c1. The number of nitrogens with zero attached hydrogens (tertiary/aromatic N) is 2. The molecule has 0 radical (unpaired) electrons. The standard InChI is InChI=1S/C17H27N3/c1-5-10-20(6-2)11-9-14-7-8-15-16(12-14)19-17(18-15)13(3)4/h7-8,12-13H,5-6,9-11H2,1-4H3,(H,18,19). The fourth-order valence-electron chi connectivity index (χ4n) is 2.54. The Morgan fingerprint density at radius 1 is 1.20 bits per heavy atom. The zero-order chi connectivity index (χ0) is 14.5. The maximum absolute atomic E-state index is 4.63. The first kappa shape index (κ1) is 15.0. The number of nitrogens with one attached hydrogen (secondary N) is 1. The first-order chi connectivity index (χ1) is 9.63. The van der Waals surface area contributed by atoms with E-state index in [4.69, 9.17) is 0 Å². The molecule has 1 aromatic heterocycles. The molecule has 0 aliphatic rings. The van der Waals surface area contributed by atoms with Gasteiger partial charge < -0.3 is 9.88 Å². The molecule has 0 amide bonds. The zero-order valence-corrected chi connectivity index (χ0v) is 13.2. The van der Waals surface area contributed by atoms with Gasteiger partial charge in [0, 0.05) is 12.5 Å². The minimum absolute atomic E-state index is 0.450. The van der Waals surface area contributed by atoms with Crippen LogP contribution in [0.4, 0.5) is 0 Å². The lowest BCUT2D eigenvalue weighted by atomic mass is 10.1. The van der Waals surface area contributed by atoms with Gasteiger partial charge in [0.1, 0.15) is 5.82 Å². The van der Waals surface area contributed by atoms with Crippen LogP contribution >= 0.6 is 0 Å². The third-order valence-corrected chi connectivity index (χ3v) is 3.82. The Bertz CT molecular complexity index is 542. The Morgan fingerprint density at radius 3 is 2.65 bits per heavy atom. The first-order valence-electron chi connectivity index (χ1n) is 7.85. The second-order valence-corrected chi connectivity index (χ2v) is 5.81. The summed E-state index contributed by atoms with van der Waals surface area (Å²) < 4.78 is 0. The normalized spacial score (nSPS) is 11.9. The van der Waals surface area contributed by atoms with Gasteiger partial charge in [0.25, 0.3) is 0 Å². The molecule has 0 saturated heterocycles. The third-order valence-electron chi connectivity index (χ3n) is 3.82. The highest BCUT2D eigenvalue weighted by Gasteiger charge is 2.07. The van der Waals surface area contributed by atoms with Crippen molar-refractivity contribution in [3.8, 4) is 0 Å². The van der Waals surface area contributed by atoms with Gasteiger partial charge in [-0.25, -0.2) is 4.98 Å². The zero-order valence-electron chi connectivity index (χ0n) is 13.2. The molecule has 0 spiro atoms. The number of rotatable bonds is 7. The molecule has 1 N–H and O–H groups in total. The van der Waals surface area contributed by atoms with Crippen molar-refractivity contribution in [3.05, 3.63) is 29.6 Å². The van der Waals surface area contributed by atoms with Gasteiger partial charge in [-0.15, -0.1) is 0 Å². The Morgan fingerprint density at radius 2 is 2.00 bits per heavy atom. The van der Waals surface area contributed by atoms with Crippen LogP contribution < -0.4 is 0 Å². The Hall–Kier alpha value is -1.35. The van der Waals surface area contributed by atoms with Crippen LogP contribution in [0.25, 0.3) is 11.0 Å². The van der Waals surface area contributed by atoms with Crippen molar-refractivity contribution in [2.75, 3.05) is 19.6 Å². The first-order valence-corrected chi connectivity index (χ1v) is 7.85. The number of imidazole rings is 1. The van der Waals surface area contributed by atoms with Gasteiger partial charge in [0.2, 0.25) is 0 Å². The predicted molar refractivity (Wildman–Crippen MR) is 86.3 cm³/mol. The van der Waals surface area contributed by atoms with Crippen LogP contribution in [0.2, 0.25) is 0 Å². The number of fused-ring (bicyclic) bond motifs is 1. The van der Waals surface area contributed by atoms with E-state index in [2.05, 4.69) is 60.8 Å². The molecule has 20 heavy (non-hydrogen) atoms. The van der Waals surface area contributed by atoms with Crippen LogP contribution in [0.1, 0.15) is 51.4 Å². The summed E-state index contributed by atoms with van der Waals surface area (Å²) in [5, 5.41) is 0. The molecule has 0 saturated carbocycles. The lowest BCUT2D eigenvalue weighted by Crippen LogP contribution is -2.26. The molecule has 0 fully saturated rings. The number of H-pyrrole nitrogens is 1. The average molecular weight is 273 g/mol. The van der Waals surface area contributed by atoms with E-state index in [9.17, 15) is 0 Å². The Balaban J connectivity index is 2.07. The van der Waals surface area contributed by atoms with E-state index in [0.717, 1.165) is 30.9 Å². The van der Waals surface area contributed by atoms with E-state index in [-0.39, 0.29) is 0 Å². The average Bonchev–Trinajstić information content (AvgIpc) is 2.86.